The monoisotopic (exact) mass is 300 g/mol. The van der Waals surface area contributed by atoms with Crippen LogP contribution in [0.15, 0.2) is 22.7 Å². The molecule has 1 nitrogen and oxygen atoms in total. The molecule has 0 radical (unpaired) electrons. The molecule has 0 saturated heterocycles. The highest BCUT2D eigenvalue weighted by Gasteiger charge is 1.88. The standard InChI is InChI=1S/C8H9Br.C7H16O/c1-6-3-7(2)5-8(9)4-6;1-2-3-4-5-6-7-8/h3-5H,1-2H3;8H,2-7H2,1H3. The van der Waals surface area contributed by atoms with E-state index >= 15 is 0 Å². The van der Waals surface area contributed by atoms with Crippen LogP contribution < -0.4 is 0 Å². The molecule has 0 unspecified atom stereocenters. The van der Waals surface area contributed by atoms with Crippen LogP contribution in [0, 0.1) is 13.8 Å². The molecule has 0 saturated carbocycles. The van der Waals surface area contributed by atoms with Gasteiger partial charge < -0.3 is 5.11 Å². The van der Waals surface area contributed by atoms with Crippen molar-refractivity contribution < 1.29 is 5.11 Å². The summed E-state index contributed by atoms with van der Waals surface area (Å²) >= 11 is 3.41. The number of rotatable bonds is 5. The largest absolute Gasteiger partial charge is 0.396 e. The Morgan fingerprint density at radius 2 is 1.47 bits per heavy atom. The molecule has 0 spiro atoms. The fourth-order valence-corrected chi connectivity index (χ4v) is 2.36. The Kier molecular flexibility index (Phi) is 10.6. The third-order valence-electron chi connectivity index (χ3n) is 2.45. The van der Waals surface area contributed by atoms with Gasteiger partial charge in [0.15, 0.2) is 0 Å². The van der Waals surface area contributed by atoms with Crippen molar-refractivity contribution in [2.45, 2.75) is 52.9 Å². The third kappa shape index (κ3) is 10.5. The summed E-state index contributed by atoms with van der Waals surface area (Å²) in [5, 5.41) is 8.37. The van der Waals surface area contributed by atoms with Gasteiger partial charge in [-0.15, -0.1) is 0 Å². The molecule has 0 bridgehead atoms. The Bertz CT molecular complexity index is 240. The summed E-state index contributed by atoms with van der Waals surface area (Å²) in [6.45, 7) is 6.75. The lowest BCUT2D eigenvalue weighted by atomic mass is 10.2. The number of hydrogen-bond acceptors (Lipinski definition) is 1. The van der Waals surface area contributed by atoms with Gasteiger partial charge >= 0.3 is 0 Å². The van der Waals surface area contributed by atoms with E-state index in [9.17, 15) is 0 Å². The molecule has 0 heterocycles. The van der Waals surface area contributed by atoms with Crippen LogP contribution in [0.5, 0.6) is 0 Å². The fourth-order valence-electron chi connectivity index (χ4n) is 1.63. The molecule has 98 valence electrons. The van der Waals surface area contributed by atoms with Crippen molar-refractivity contribution in [3.05, 3.63) is 33.8 Å². The number of aliphatic hydroxyl groups is 1. The molecule has 0 aromatic heterocycles. The minimum absolute atomic E-state index is 0.365. The van der Waals surface area contributed by atoms with E-state index in [0.717, 1.165) is 6.42 Å². The maximum absolute atomic E-state index is 8.37. The highest BCUT2D eigenvalue weighted by atomic mass is 79.9. The van der Waals surface area contributed by atoms with Crippen molar-refractivity contribution in [1.82, 2.24) is 0 Å². The van der Waals surface area contributed by atoms with E-state index in [1.54, 1.807) is 0 Å². The smallest absolute Gasteiger partial charge is 0.0431 e. The van der Waals surface area contributed by atoms with Gasteiger partial charge in [0, 0.05) is 11.1 Å². The molecule has 0 aliphatic carbocycles. The molecule has 0 atom stereocenters. The second-order valence-electron chi connectivity index (χ2n) is 4.44. The highest BCUT2D eigenvalue weighted by molar-refractivity contribution is 9.10. The quantitative estimate of drug-likeness (QED) is 0.757. The van der Waals surface area contributed by atoms with Gasteiger partial charge in [-0.3, -0.25) is 0 Å². The van der Waals surface area contributed by atoms with Gasteiger partial charge in [0.05, 0.1) is 0 Å². The Labute approximate surface area is 114 Å². The first-order chi connectivity index (χ1) is 8.10. The van der Waals surface area contributed by atoms with Crippen LogP contribution in [-0.2, 0) is 0 Å². The minimum atomic E-state index is 0.365. The van der Waals surface area contributed by atoms with E-state index < -0.39 is 0 Å². The number of halogens is 1. The molecule has 17 heavy (non-hydrogen) atoms. The normalized spacial score (nSPS) is 9.71. The van der Waals surface area contributed by atoms with Crippen molar-refractivity contribution >= 4 is 15.9 Å². The average molecular weight is 301 g/mol. The van der Waals surface area contributed by atoms with E-state index in [0.29, 0.717) is 6.61 Å². The van der Waals surface area contributed by atoms with Crippen molar-refractivity contribution in [2.75, 3.05) is 6.61 Å². The lowest BCUT2D eigenvalue weighted by Crippen LogP contribution is -1.81. The Hall–Kier alpha value is -0.340. The first-order valence-electron chi connectivity index (χ1n) is 6.44. The van der Waals surface area contributed by atoms with E-state index in [2.05, 4.69) is 54.9 Å². The topological polar surface area (TPSA) is 20.2 Å². The van der Waals surface area contributed by atoms with Crippen LogP contribution in [0.25, 0.3) is 0 Å². The van der Waals surface area contributed by atoms with Crippen LogP contribution in [-0.4, -0.2) is 11.7 Å². The van der Waals surface area contributed by atoms with Crippen molar-refractivity contribution in [1.29, 1.82) is 0 Å². The van der Waals surface area contributed by atoms with Gasteiger partial charge in [0.1, 0.15) is 0 Å². The van der Waals surface area contributed by atoms with Crippen LogP contribution in [0.3, 0.4) is 0 Å². The molecule has 1 rings (SSSR count). The zero-order valence-electron chi connectivity index (χ0n) is 11.3. The van der Waals surface area contributed by atoms with E-state index in [-0.39, 0.29) is 0 Å². The van der Waals surface area contributed by atoms with Crippen LogP contribution >= 0.6 is 15.9 Å². The average Bonchev–Trinajstić information content (AvgIpc) is 2.23. The lowest BCUT2D eigenvalue weighted by Gasteiger charge is -1.95. The molecular weight excluding hydrogens is 276 g/mol. The predicted octanol–water partition coefficient (Wildman–Crippen LogP) is 5.02. The van der Waals surface area contributed by atoms with Crippen molar-refractivity contribution in [2.24, 2.45) is 0 Å². The van der Waals surface area contributed by atoms with E-state index in [4.69, 9.17) is 5.11 Å². The van der Waals surface area contributed by atoms with Crippen molar-refractivity contribution in [3.8, 4) is 0 Å². The maximum atomic E-state index is 8.37. The summed E-state index contributed by atoms with van der Waals surface area (Å²) in [5.74, 6) is 0. The van der Waals surface area contributed by atoms with Crippen LogP contribution in [0.4, 0.5) is 0 Å². The van der Waals surface area contributed by atoms with Gasteiger partial charge in [-0.05, 0) is 43.5 Å². The summed E-state index contributed by atoms with van der Waals surface area (Å²) in [4.78, 5) is 0. The zero-order chi connectivity index (χ0) is 13.1. The highest BCUT2D eigenvalue weighted by Crippen LogP contribution is 2.13. The number of benzene rings is 1. The molecule has 1 N–H and O–H groups in total. The summed E-state index contributed by atoms with van der Waals surface area (Å²) in [5.41, 5.74) is 2.61. The SMILES string of the molecule is CCCCCCCO.Cc1cc(C)cc(Br)c1. The molecule has 1 aromatic carbocycles. The second kappa shape index (κ2) is 10.8. The van der Waals surface area contributed by atoms with E-state index in [1.807, 2.05) is 0 Å². The first kappa shape index (κ1) is 16.7. The summed E-state index contributed by atoms with van der Waals surface area (Å²) in [7, 11) is 0. The summed E-state index contributed by atoms with van der Waals surface area (Å²) in [6.07, 6.45) is 6.08. The number of hydrogen-bond donors (Lipinski definition) is 1. The first-order valence-corrected chi connectivity index (χ1v) is 7.24. The minimum Gasteiger partial charge on any atom is -0.396 e. The predicted molar refractivity (Wildman–Crippen MR) is 79.5 cm³/mol. The Morgan fingerprint density at radius 1 is 0.941 bits per heavy atom. The van der Waals surface area contributed by atoms with Gasteiger partial charge in [0.2, 0.25) is 0 Å². The summed E-state index contributed by atoms with van der Waals surface area (Å²) < 4.78 is 1.17. The Morgan fingerprint density at radius 3 is 1.88 bits per heavy atom. The number of aliphatic hydroxyl groups excluding tert-OH is 1. The maximum Gasteiger partial charge on any atom is 0.0431 e. The van der Waals surface area contributed by atoms with E-state index in [1.165, 1.54) is 41.3 Å². The summed E-state index contributed by atoms with van der Waals surface area (Å²) in [6, 6.07) is 6.37. The number of unbranched alkanes of at least 4 members (excludes halogenated alkanes) is 4. The number of aryl methyl sites for hydroxylation is 2. The Balaban J connectivity index is 0.000000304. The van der Waals surface area contributed by atoms with Crippen LogP contribution in [0.1, 0.15) is 50.2 Å². The van der Waals surface area contributed by atoms with Gasteiger partial charge in [-0.25, -0.2) is 0 Å². The molecule has 0 aliphatic heterocycles. The second-order valence-corrected chi connectivity index (χ2v) is 5.36. The van der Waals surface area contributed by atoms with Gasteiger partial charge in [-0.1, -0.05) is 54.6 Å². The molecule has 2 heteroatoms. The molecule has 0 fully saturated rings. The molecule has 0 aliphatic rings. The zero-order valence-corrected chi connectivity index (χ0v) is 12.9. The van der Waals surface area contributed by atoms with Gasteiger partial charge in [0.25, 0.3) is 0 Å². The molecule has 0 amide bonds. The van der Waals surface area contributed by atoms with Gasteiger partial charge in [-0.2, -0.15) is 0 Å². The molecular formula is C15H25BrO. The van der Waals surface area contributed by atoms with Crippen LogP contribution in [0.2, 0.25) is 0 Å². The fraction of sp³-hybridized carbons (Fsp3) is 0.600. The van der Waals surface area contributed by atoms with Crippen molar-refractivity contribution in [3.63, 3.8) is 0 Å². The lowest BCUT2D eigenvalue weighted by molar-refractivity contribution is 0.282. The molecule has 1 aromatic rings. The third-order valence-corrected chi connectivity index (χ3v) is 2.91.